The number of aliphatic hydroxyl groups excluding tert-OH is 1. The van der Waals surface area contributed by atoms with Crippen molar-refractivity contribution in [3.05, 3.63) is 19.2 Å². The molecule has 1 saturated carbocycles. The number of rotatable bonds is 4. The van der Waals surface area contributed by atoms with Crippen molar-refractivity contribution in [3.8, 4) is 0 Å². The van der Waals surface area contributed by atoms with Crippen molar-refractivity contribution in [2.75, 3.05) is 6.61 Å². The smallest absolute Gasteiger partial charge is 0.0843 e. The lowest BCUT2D eigenvalue weighted by molar-refractivity contribution is 0.0985. The Morgan fingerprint density at radius 1 is 1.56 bits per heavy atom. The Hall–Kier alpha value is 0.580. The molecular weight excluding hydrogens is 378 g/mol. The highest BCUT2D eigenvalue weighted by Gasteiger charge is 2.33. The van der Waals surface area contributed by atoms with Gasteiger partial charge in [0.25, 0.3) is 0 Å². The summed E-state index contributed by atoms with van der Waals surface area (Å²) in [5.41, 5.74) is -0.0688. The average molecular weight is 397 g/mol. The van der Waals surface area contributed by atoms with E-state index in [9.17, 15) is 5.11 Å². The normalized spacial score (nSPS) is 28.6. The van der Waals surface area contributed by atoms with Crippen LogP contribution in [-0.2, 0) is 6.54 Å². The molecule has 2 unspecified atom stereocenters. The van der Waals surface area contributed by atoms with E-state index in [1.54, 1.807) is 11.3 Å². The first-order valence-electron chi connectivity index (χ1n) is 6.34. The van der Waals surface area contributed by atoms with Crippen LogP contribution in [-0.4, -0.2) is 17.3 Å². The van der Waals surface area contributed by atoms with E-state index in [1.165, 1.54) is 17.7 Å². The maximum Gasteiger partial charge on any atom is 0.0843 e. The number of thiophene rings is 1. The van der Waals surface area contributed by atoms with Crippen LogP contribution in [0.15, 0.2) is 14.3 Å². The molecule has 1 aromatic heterocycles. The number of hydrogen-bond donors (Lipinski definition) is 2. The summed E-state index contributed by atoms with van der Waals surface area (Å²) in [5, 5.41) is 13.3. The number of hydrogen-bond acceptors (Lipinski definition) is 3. The molecule has 1 aliphatic carbocycles. The van der Waals surface area contributed by atoms with Gasteiger partial charge < -0.3 is 10.4 Å². The van der Waals surface area contributed by atoms with Gasteiger partial charge in [-0.25, -0.2) is 0 Å². The highest BCUT2D eigenvalue weighted by atomic mass is 79.9. The van der Waals surface area contributed by atoms with Crippen LogP contribution in [0.1, 0.15) is 37.5 Å². The predicted molar refractivity (Wildman–Crippen MR) is 84.0 cm³/mol. The molecule has 0 spiro atoms. The van der Waals surface area contributed by atoms with Crippen molar-refractivity contribution in [2.45, 2.75) is 44.7 Å². The second-order valence-electron chi connectivity index (χ2n) is 5.33. The average Bonchev–Trinajstić information content (AvgIpc) is 2.67. The zero-order valence-corrected chi connectivity index (χ0v) is 14.5. The highest BCUT2D eigenvalue weighted by Crippen LogP contribution is 2.35. The Morgan fingerprint density at radius 3 is 2.89 bits per heavy atom. The van der Waals surface area contributed by atoms with Gasteiger partial charge in [0.15, 0.2) is 0 Å². The molecule has 1 fully saturated rings. The van der Waals surface area contributed by atoms with Gasteiger partial charge in [0, 0.05) is 21.4 Å². The number of nitrogens with one attached hydrogen (secondary N) is 1. The van der Waals surface area contributed by atoms with Crippen LogP contribution in [0.5, 0.6) is 0 Å². The first-order valence-corrected chi connectivity index (χ1v) is 8.74. The standard InChI is InChI=1S/C13H19Br2NOS/c1-9-3-2-4-13(6-9,8-17)16-7-10-5-11(14)12(15)18-10/h5,9,16-17H,2-4,6-8H2,1H3. The van der Waals surface area contributed by atoms with E-state index >= 15 is 0 Å². The minimum absolute atomic E-state index is 0.0688. The fourth-order valence-corrected chi connectivity index (χ4v) is 4.89. The van der Waals surface area contributed by atoms with Crippen LogP contribution in [0.4, 0.5) is 0 Å². The van der Waals surface area contributed by atoms with Crippen LogP contribution in [0, 0.1) is 5.92 Å². The third kappa shape index (κ3) is 3.57. The van der Waals surface area contributed by atoms with Gasteiger partial charge in [-0.1, -0.05) is 19.8 Å². The molecule has 2 N–H and O–H groups in total. The van der Waals surface area contributed by atoms with Gasteiger partial charge in [0.2, 0.25) is 0 Å². The van der Waals surface area contributed by atoms with E-state index in [0.29, 0.717) is 5.92 Å². The summed E-state index contributed by atoms with van der Waals surface area (Å²) in [4.78, 5) is 1.29. The fourth-order valence-electron chi connectivity index (χ4n) is 2.77. The van der Waals surface area contributed by atoms with Crippen LogP contribution in [0.2, 0.25) is 0 Å². The summed E-state index contributed by atoms with van der Waals surface area (Å²) in [6, 6.07) is 2.14. The second kappa shape index (κ2) is 6.35. The van der Waals surface area contributed by atoms with Crippen molar-refractivity contribution in [1.82, 2.24) is 5.32 Å². The van der Waals surface area contributed by atoms with Crippen LogP contribution in [0.3, 0.4) is 0 Å². The first kappa shape index (κ1) is 15.0. The molecule has 1 aromatic rings. The third-order valence-corrected chi connectivity index (χ3v) is 6.98. The van der Waals surface area contributed by atoms with E-state index in [2.05, 4.69) is 50.2 Å². The van der Waals surface area contributed by atoms with Gasteiger partial charge in [-0.05, 0) is 56.7 Å². The zero-order chi connectivity index (χ0) is 13.2. The largest absolute Gasteiger partial charge is 0.394 e. The lowest BCUT2D eigenvalue weighted by atomic mass is 9.77. The molecule has 1 heterocycles. The monoisotopic (exact) mass is 395 g/mol. The van der Waals surface area contributed by atoms with Gasteiger partial charge in [-0.2, -0.15) is 0 Å². The molecule has 0 amide bonds. The van der Waals surface area contributed by atoms with Gasteiger partial charge in [0.05, 0.1) is 10.4 Å². The predicted octanol–water partition coefficient (Wildman–Crippen LogP) is 4.30. The minimum Gasteiger partial charge on any atom is -0.394 e. The lowest BCUT2D eigenvalue weighted by Gasteiger charge is -2.39. The van der Waals surface area contributed by atoms with Gasteiger partial charge in [-0.3, -0.25) is 0 Å². The Labute approximate surface area is 129 Å². The van der Waals surface area contributed by atoms with Gasteiger partial charge >= 0.3 is 0 Å². The quantitative estimate of drug-likeness (QED) is 0.794. The van der Waals surface area contributed by atoms with Crippen molar-refractivity contribution in [1.29, 1.82) is 0 Å². The molecule has 0 radical (unpaired) electrons. The summed E-state index contributed by atoms with van der Waals surface area (Å²) in [6.07, 6.45) is 4.67. The summed E-state index contributed by atoms with van der Waals surface area (Å²) >= 11 is 8.76. The molecule has 0 bridgehead atoms. The molecule has 0 aliphatic heterocycles. The third-order valence-electron chi connectivity index (χ3n) is 3.73. The SMILES string of the molecule is CC1CCCC(CO)(NCc2cc(Br)c(Br)s2)C1. The molecule has 18 heavy (non-hydrogen) atoms. The van der Waals surface area contributed by atoms with E-state index in [1.807, 2.05) is 0 Å². The van der Waals surface area contributed by atoms with Crippen molar-refractivity contribution >= 4 is 43.2 Å². The van der Waals surface area contributed by atoms with E-state index in [0.717, 1.165) is 27.6 Å². The zero-order valence-electron chi connectivity index (χ0n) is 10.5. The molecule has 102 valence electrons. The van der Waals surface area contributed by atoms with Crippen LogP contribution >= 0.6 is 43.2 Å². The second-order valence-corrected chi connectivity index (χ2v) is 8.64. The fraction of sp³-hybridized carbons (Fsp3) is 0.692. The van der Waals surface area contributed by atoms with Gasteiger partial charge in [0.1, 0.15) is 0 Å². The molecule has 2 nitrogen and oxygen atoms in total. The van der Waals surface area contributed by atoms with Crippen molar-refractivity contribution in [2.24, 2.45) is 5.92 Å². The molecular formula is C13H19Br2NOS. The summed E-state index contributed by atoms with van der Waals surface area (Å²) in [7, 11) is 0. The summed E-state index contributed by atoms with van der Waals surface area (Å²) in [6.45, 7) is 3.36. The molecule has 2 atom stereocenters. The van der Waals surface area contributed by atoms with Gasteiger partial charge in [-0.15, -0.1) is 11.3 Å². The summed E-state index contributed by atoms with van der Waals surface area (Å²) < 4.78 is 2.24. The first-order chi connectivity index (χ1) is 8.54. The van der Waals surface area contributed by atoms with E-state index in [-0.39, 0.29) is 12.1 Å². The molecule has 0 saturated heterocycles. The maximum absolute atomic E-state index is 9.72. The molecule has 5 heteroatoms. The minimum atomic E-state index is -0.0688. The Morgan fingerprint density at radius 2 is 2.33 bits per heavy atom. The molecule has 0 aromatic carbocycles. The van der Waals surface area contributed by atoms with Crippen molar-refractivity contribution < 1.29 is 5.11 Å². The Kier molecular flexibility index (Phi) is 5.29. The summed E-state index contributed by atoms with van der Waals surface area (Å²) in [5.74, 6) is 0.709. The maximum atomic E-state index is 9.72. The molecule has 1 aliphatic rings. The lowest BCUT2D eigenvalue weighted by Crippen LogP contribution is -2.50. The van der Waals surface area contributed by atoms with Crippen LogP contribution < -0.4 is 5.32 Å². The van der Waals surface area contributed by atoms with E-state index < -0.39 is 0 Å². The van der Waals surface area contributed by atoms with E-state index in [4.69, 9.17) is 0 Å². The topological polar surface area (TPSA) is 32.3 Å². The molecule has 2 rings (SSSR count). The Balaban J connectivity index is 1.98. The van der Waals surface area contributed by atoms with Crippen molar-refractivity contribution in [3.63, 3.8) is 0 Å². The van der Waals surface area contributed by atoms with Crippen LogP contribution in [0.25, 0.3) is 0 Å². The Bertz CT molecular complexity index is 390. The highest BCUT2D eigenvalue weighted by molar-refractivity contribution is 9.13. The number of aliphatic hydroxyl groups is 1. The number of halogens is 2.